The smallest absolute Gasteiger partial charge is 0.385 e. The van der Waals surface area contributed by atoms with Gasteiger partial charge in [0, 0.05) is 24.4 Å². The molecule has 0 heterocycles. The van der Waals surface area contributed by atoms with Gasteiger partial charge in [-0.3, -0.25) is 10.1 Å². The lowest BCUT2D eigenvalue weighted by Gasteiger charge is -2.38. The van der Waals surface area contributed by atoms with Crippen LogP contribution >= 0.6 is 0 Å². The van der Waals surface area contributed by atoms with Crippen molar-refractivity contribution < 1.29 is 19.6 Å². The molecule has 1 aliphatic rings. The van der Waals surface area contributed by atoms with Gasteiger partial charge in [0.1, 0.15) is 5.60 Å². The van der Waals surface area contributed by atoms with E-state index >= 15 is 0 Å². The van der Waals surface area contributed by atoms with Crippen molar-refractivity contribution in [1.82, 2.24) is 0 Å². The minimum Gasteiger partial charge on any atom is -0.455 e. The number of nitro groups is 1. The van der Waals surface area contributed by atoms with Crippen LogP contribution in [0.5, 0.6) is 0 Å². The lowest BCUT2D eigenvalue weighted by molar-refractivity contribution is -0.576. The van der Waals surface area contributed by atoms with E-state index in [0.29, 0.717) is 0 Å². The van der Waals surface area contributed by atoms with Gasteiger partial charge in [0.25, 0.3) is 0 Å². The zero-order chi connectivity index (χ0) is 12.6. The van der Waals surface area contributed by atoms with E-state index in [2.05, 4.69) is 0 Å². The summed E-state index contributed by atoms with van der Waals surface area (Å²) in [6.45, 7) is 4.88. The van der Waals surface area contributed by atoms with Crippen LogP contribution in [0.4, 0.5) is 0 Å². The molecule has 0 unspecified atom stereocenters. The lowest BCUT2D eigenvalue weighted by atomic mass is 9.69. The second kappa shape index (κ2) is 4.01. The molecule has 1 fully saturated rings. The predicted molar refractivity (Wildman–Crippen MR) is 55.4 cm³/mol. The molecule has 0 aromatic heterocycles. The summed E-state index contributed by atoms with van der Waals surface area (Å²) in [7, 11) is 0. The molecular formula is C10H17NO5. The van der Waals surface area contributed by atoms with Crippen LogP contribution in [0.25, 0.3) is 0 Å². The highest BCUT2D eigenvalue weighted by atomic mass is 16.6. The fourth-order valence-corrected chi connectivity index (χ4v) is 1.79. The second-order valence-electron chi connectivity index (χ2n) is 5.25. The van der Waals surface area contributed by atoms with Gasteiger partial charge in [0.15, 0.2) is 0 Å². The largest absolute Gasteiger partial charge is 0.455 e. The summed E-state index contributed by atoms with van der Waals surface area (Å²) in [5.41, 5.74) is -2.37. The van der Waals surface area contributed by atoms with Crippen molar-refractivity contribution in [3.05, 3.63) is 10.1 Å². The third kappa shape index (κ3) is 2.32. The maximum atomic E-state index is 11.7. The standard InChI is InChI=1S/C10H17NO5/c1-9(2,3)16-8(13)10(11(14)15)4-7(5-10)6-12/h7,12H,4-6H2,1-3H3. The fourth-order valence-electron chi connectivity index (χ4n) is 1.79. The van der Waals surface area contributed by atoms with Gasteiger partial charge in [0.05, 0.1) is 0 Å². The first-order valence-electron chi connectivity index (χ1n) is 5.20. The zero-order valence-corrected chi connectivity index (χ0v) is 9.73. The number of hydrogen-bond donors (Lipinski definition) is 1. The van der Waals surface area contributed by atoms with E-state index in [-0.39, 0.29) is 25.4 Å². The summed E-state index contributed by atoms with van der Waals surface area (Å²) in [5, 5.41) is 19.8. The van der Waals surface area contributed by atoms with Gasteiger partial charge in [-0.05, 0) is 26.7 Å². The molecule has 0 atom stereocenters. The number of rotatable bonds is 3. The minimum atomic E-state index is -1.64. The van der Waals surface area contributed by atoms with E-state index in [9.17, 15) is 14.9 Å². The third-order valence-corrected chi connectivity index (χ3v) is 2.64. The van der Waals surface area contributed by atoms with Crippen LogP contribution in [0.15, 0.2) is 0 Å². The number of ether oxygens (including phenoxy) is 1. The van der Waals surface area contributed by atoms with E-state index in [1.165, 1.54) is 0 Å². The quantitative estimate of drug-likeness (QED) is 0.439. The van der Waals surface area contributed by atoms with Crippen molar-refractivity contribution in [2.24, 2.45) is 5.92 Å². The maximum absolute atomic E-state index is 11.7. The van der Waals surface area contributed by atoms with Crippen LogP contribution in [0.2, 0.25) is 0 Å². The Balaban J connectivity index is 2.74. The average molecular weight is 231 g/mol. The monoisotopic (exact) mass is 231 g/mol. The first kappa shape index (κ1) is 12.9. The van der Waals surface area contributed by atoms with E-state index in [4.69, 9.17) is 9.84 Å². The van der Waals surface area contributed by atoms with Gasteiger partial charge < -0.3 is 9.84 Å². The third-order valence-electron chi connectivity index (χ3n) is 2.64. The van der Waals surface area contributed by atoms with Crippen LogP contribution in [-0.2, 0) is 9.53 Å². The molecule has 6 nitrogen and oxygen atoms in total. The van der Waals surface area contributed by atoms with E-state index in [1.54, 1.807) is 20.8 Å². The van der Waals surface area contributed by atoms with Crippen LogP contribution in [0, 0.1) is 16.0 Å². The molecule has 0 amide bonds. The molecule has 0 saturated heterocycles. The van der Waals surface area contributed by atoms with Crippen molar-refractivity contribution in [3.63, 3.8) is 0 Å². The Hall–Kier alpha value is -1.17. The van der Waals surface area contributed by atoms with Gasteiger partial charge in [-0.25, -0.2) is 4.79 Å². The Morgan fingerprint density at radius 2 is 2.06 bits per heavy atom. The Labute approximate surface area is 93.7 Å². The highest BCUT2D eigenvalue weighted by molar-refractivity contribution is 5.80. The van der Waals surface area contributed by atoms with Crippen LogP contribution < -0.4 is 0 Å². The van der Waals surface area contributed by atoms with Crippen molar-refractivity contribution >= 4 is 5.97 Å². The van der Waals surface area contributed by atoms with Gasteiger partial charge in [-0.15, -0.1) is 0 Å². The molecule has 1 aliphatic carbocycles. The average Bonchev–Trinajstić information content (AvgIpc) is 1.98. The zero-order valence-electron chi connectivity index (χ0n) is 9.73. The Bertz CT molecular complexity index is 301. The van der Waals surface area contributed by atoms with Crippen molar-refractivity contribution in [2.45, 2.75) is 44.8 Å². The summed E-state index contributed by atoms with van der Waals surface area (Å²) in [6.07, 6.45) is 0.122. The van der Waals surface area contributed by atoms with Crippen molar-refractivity contribution in [1.29, 1.82) is 0 Å². The van der Waals surface area contributed by atoms with Crippen molar-refractivity contribution in [2.75, 3.05) is 6.61 Å². The summed E-state index contributed by atoms with van der Waals surface area (Å²) in [5.74, 6) is -0.965. The molecule has 1 saturated carbocycles. The first-order valence-corrected chi connectivity index (χ1v) is 5.20. The molecule has 0 bridgehead atoms. The SMILES string of the molecule is CC(C)(C)OC(=O)C1([N+](=O)[O-])CC(CO)C1. The lowest BCUT2D eigenvalue weighted by Crippen LogP contribution is -2.59. The molecule has 0 aromatic rings. The molecule has 92 valence electrons. The summed E-state index contributed by atoms with van der Waals surface area (Å²) < 4.78 is 5.04. The summed E-state index contributed by atoms with van der Waals surface area (Å²) in [4.78, 5) is 22.0. The van der Waals surface area contributed by atoms with Gasteiger partial charge in [-0.2, -0.15) is 0 Å². The predicted octanol–water partition coefficient (Wildman–Crippen LogP) is 0.746. The fraction of sp³-hybridized carbons (Fsp3) is 0.900. The summed E-state index contributed by atoms with van der Waals surface area (Å²) in [6, 6.07) is 0. The minimum absolute atomic E-state index is 0.0609. The topological polar surface area (TPSA) is 89.7 Å². The summed E-state index contributed by atoms with van der Waals surface area (Å²) >= 11 is 0. The second-order valence-corrected chi connectivity index (χ2v) is 5.25. The molecule has 16 heavy (non-hydrogen) atoms. The van der Waals surface area contributed by atoms with Crippen molar-refractivity contribution in [3.8, 4) is 0 Å². The molecule has 6 heteroatoms. The molecule has 0 radical (unpaired) electrons. The van der Waals surface area contributed by atoms with E-state index in [1.807, 2.05) is 0 Å². The molecule has 1 N–H and O–H groups in total. The number of nitrogens with zero attached hydrogens (tertiary/aromatic N) is 1. The van der Waals surface area contributed by atoms with Gasteiger partial charge in [0.2, 0.25) is 0 Å². The van der Waals surface area contributed by atoms with Crippen LogP contribution in [-0.4, -0.2) is 33.7 Å². The number of carbonyl (C=O) groups excluding carboxylic acids is 1. The molecule has 1 rings (SSSR count). The molecule has 0 aromatic carbocycles. The molecule has 0 spiro atoms. The highest BCUT2D eigenvalue weighted by Crippen LogP contribution is 2.41. The van der Waals surface area contributed by atoms with Crippen LogP contribution in [0.3, 0.4) is 0 Å². The normalized spacial score (nSPS) is 29.4. The van der Waals surface area contributed by atoms with Gasteiger partial charge >= 0.3 is 11.5 Å². The van der Waals surface area contributed by atoms with E-state index < -0.39 is 22.0 Å². The number of carbonyl (C=O) groups is 1. The number of aliphatic hydroxyl groups is 1. The molecule has 0 aliphatic heterocycles. The van der Waals surface area contributed by atoms with Crippen LogP contribution in [0.1, 0.15) is 33.6 Å². The Morgan fingerprint density at radius 1 is 1.56 bits per heavy atom. The Kier molecular flexibility index (Phi) is 3.23. The first-order chi connectivity index (χ1) is 7.21. The number of esters is 1. The van der Waals surface area contributed by atoms with E-state index in [0.717, 1.165) is 0 Å². The Morgan fingerprint density at radius 3 is 2.38 bits per heavy atom. The maximum Gasteiger partial charge on any atom is 0.385 e. The van der Waals surface area contributed by atoms with Gasteiger partial charge in [-0.1, -0.05) is 0 Å². The number of hydrogen-bond acceptors (Lipinski definition) is 5. The highest BCUT2D eigenvalue weighted by Gasteiger charge is 2.62. The molecular weight excluding hydrogens is 214 g/mol. The number of aliphatic hydroxyl groups excluding tert-OH is 1.